The molecular formula is C13H13BrN2OS. The lowest BCUT2D eigenvalue weighted by atomic mass is 10.1. The van der Waals surface area contributed by atoms with Crippen molar-refractivity contribution in [1.29, 1.82) is 0 Å². The molecule has 1 aromatic carbocycles. The molecule has 2 rings (SSSR count). The third-order valence-electron chi connectivity index (χ3n) is 2.84. The van der Waals surface area contributed by atoms with Crippen LogP contribution in [0, 0.1) is 13.8 Å². The fraction of sp³-hybridized carbons (Fsp3) is 0.154. The number of halogens is 1. The van der Waals surface area contributed by atoms with Crippen molar-refractivity contribution in [1.82, 2.24) is 0 Å². The molecule has 0 spiro atoms. The summed E-state index contributed by atoms with van der Waals surface area (Å²) in [6.45, 7) is 3.94. The van der Waals surface area contributed by atoms with Gasteiger partial charge in [0, 0.05) is 5.38 Å². The standard InChI is InChI=1S/C13H13BrN2OS/c1-7-3-4-10(15)12(8(7)2)16-13(17)9-5-11(14)18-6-9/h3-6H,15H2,1-2H3,(H,16,17). The average Bonchev–Trinajstić information content (AvgIpc) is 2.76. The highest BCUT2D eigenvalue weighted by Gasteiger charge is 2.12. The van der Waals surface area contributed by atoms with Crippen LogP contribution in [0.2, 0.25) is 0 Å². The molecule has 0 saturated carbocycles. The lowest BCUT2D eigenvalue weighted by Crippen LogP contribution is -2.13. The number of benzene rings is 1. The Kier molecular flexibility index (Phi) is 3.73. The molecule has 0 radical (unpaired) electrons. The quantitative estimate of drug-likeness (QED) is 0.821. The molecule has 2 aromatic rings. The first-order valence-electron chi connectivity index (χ1n) is 5.40. The van der Waals surface area contributed by atoms with Gasteiger partial charge in [0.05, 0.1) is 20.7 Å². The molecule has 0 aliphatic carbocycles. The summed E-state index contributed by atoms with van der Waals surface area (Å²) in [5.41, 5.74) is 9.91. The smallest absolute Gasteiger partial charge is 0.256 e. The number of aryl methyl sites for hydroxylation is 1. The van der Waals surface area contributed by atoms with Gasteiger partial charge in [0.25, 0.3) is 5.91 Å². The summed E-state index contributed by atoms with van der Waals surface area (Å²) in [6, 6.07) is 5.55. The van der Waals surface area contributed by atoms with Gasteiger partial charge in [-0.15, -0.1) is 11.3 Å². The predicted octanol–water partition coefficient (Wildman–Crippen LogP) is 3.96. The van der Waals surface area contributed by atoms with Crippen LogP contribution in [0.5, 0.6) is 0 Å². The van der Waals surface area contributed by atoms with Gasteiger partial charge in [0.2, 0.25) is 0 Å². The minimum absolute atomic E-state index is 0.141. The first-order chi connectivity index (χ1) is 8.49. The van der Waals surface area contributed by atoms with Gasteiger partial charge in [-0.3, -0.25) is 4.79 Å². The highest BCUT2D eigenvalue weighted by atomic mass is 79.9. The van der Waals surface area contributed by atoms with Crippen molar-refractivity contribution >= 4 is 44.5 Å². The normalized spacial score (nSPS) is 10.4. The van der Waals surface area contributed by atoms with Crippen LogP contribution >= 0.6 is 27.3 Å². The number of nitrogens with two attached hydrogens (primary N) is 1. The van der Waals surface area contributed by atoms with Crippen LogP contribution in [0.15, 0.2) is 27.4 Å². The molecule has 5 heteroatoms. The Morgan fingerprint density at radius 1 is 1.39 bits per heavy atom. The Morgan fingerprint density at radius 2 is 2.11 bits per heavy atom. The summed E-state index contributed by atoms with van der Waals surface area (Å²) in [5, 5.41) is 4.68. The zero-order chi connectivity index (χ0) is 13.3. The first kappa shape index (κ1) is 13.1. The average molecular weight is 325 g/mol. The van der Waals surface area contributed by atoms with Gasteiger partial charge in [0.1, 0.15) is 0 Å². The van der Waals surface area contributed by atoms with Gasteiger partial charge in [0.15, 0.2) is 0 Å². The van der Waals surface area contributed by atoms with Crippen molar-refractivity contribution in [3.05, 3.63) is 44.1 Å². The van der Waals surface area contributed by atoms with E-state index in [9.17, 15) is 4.79 Å². The molecule has 0 atom stereocenters. The number of carbonyl (C=O) groups excluding carboxylic acids is 1. The van der Waals surface area contributed by atoms with E-state index >= 15 is 0 Å². The lowest BCUT2D eigenvalue weighted by Gasteiger charge is -2.12. The van der Waals surface area contributed by atoms with E-state index in [2.05, 4.69) is 21.2 Å². The predicted molar refractivity (Wildman–Crippen MR) is 80.3 cm³/mol. The number of anilines is 2. The van der Waals surface area contributed by atoms with E-state index in [0.29, 0.717) is 16.9 Å². The number of nitrogen functional groups attached to an aromatic ring is 1. The minimum Gasteiger partial charge on any atom is -0.397 e. The minimum atomic E-state index is -0.141. The summed E-state index contributed by atoms with van der Waals surface area (Å²) in [4.78, 5) is 12.1. The molecule has 1 aromatic heterocycles. The summed E-state index contributed by atoms with van der Waals surface area (Å²) in [7, 11) is 0. The molecule has 0 bridgehead atoms. The lowest BCUT2D eigenvalue weighted by molar-refractivity contribution is 0.102. The summed E-state index contributed by atoms with van der Waals surface area (Å²) in [6.07, 6.45) is 0. The van der Waals surface area contributed by atoms with E-state index in [1.807, 2.05) is 26.0 Å². The number of carbonyl (C=O) groups is 1. The van der Waals surface area contributed by atoms with Crippen LogP contribution in [-0.2, 0) is 0 Å². The van der Waals surface area contributed by atoms with Crippen molar-refractivity contribution in [3.8, 4) is 0 Å². The number of thiophene rings is 1. The van der Waals surface area contributed by atoms with Crippen molar-refractivity contribution in [2.75, 3.05) is 11.1 Å². The molecule has 0 aliphatic rings. The number of hydrogen-bond donors (Lipinski definition) is 2. The molecule has 1 amide bonds. The zero-order valence-electron chi connectivity index (χ0n) is 10.1. The molecule has 0 fully saturated rings. The van der Waals surface area contributed by atoms with Gasteiger partial charge >= 0.3 is 0 Å². The Hall–Kier alpha value is -1.33. The van der Waals surface area contributed by atoms with E-state index in [1.165, 1.54) is 11.3 Å². The molecule has 0 aliphatic heterocycles. The number of nitrogens with one attached hydrogen (secondary N) is 1. The number of rotatable bonds is 2. The van der Waals surface area contributed by atoms with Crippen LogP contribution in [-0.4, -0.2) is 5.91 Å². The van der Waals surface area contributed by atoms with Crippen LogP contribution in [0.4, 0.5) is 11.4 Å². The number of hydrogen-bond acceptors (Lipinski definition) is 3. The first-order valence-corrected chi connectivity index (χ1v) is 7.07. The van der Waals surface area contributed by atoms with Crippen molar-refractivity contribution in [2.45, 2.75) is 13.8 Å². The van der Waals surface area contributed by atoms with Crippen LogP contribution in [0.1, 0.15) is 21.5 Å². The van der Waals surface area contributed by atoms with E-state index in [4.69, 9.17) is 5.73 Å². The van der Waals surface area contributed by atoms with E-state index in [-0.39, 0.29) is 5.91 Å². The summed E-state index contributed by atoms with van der Waals surface area (Å²) >= 11 is 4.82. The summed E-state index contributed by atoms with van der Waals surface area (Å²) in [5.74, 6) is -0.141. The Balaban J connectivity index is 2.30. The fourth-order valence-electron chi connectivity index (χ4n) is 1.62. The maximum Gasteiger partial charge on any atom is 0.256 e. The fourth-order valence-corrected chi connectivity index (χ4v) is 2.75. The zero-order valence-corrected chi connectivity index (χ0v) is 12.5. The Bertz CT molecular complexity index is 607. The molecule has 18 heavy (non-hydrogen) atoms. The van der Waals surface area contributed by atoms with Gasteiger partial charge in [-0.25, -0.2) is 0 Å². The number of amides is 1. The van der Waals surface area contributed by atoms with Gasteiger partial charge in [-0.2, -0.15) is 0 Å². The molecule has 1 heterocycles. The highest BCUT2D eigenvalue weighted by Crippen LogP contribution is 2.27. The Morgan fingerprint density at radius 3 is 2.72 bits per heavy atom. The van der Waals surface area contributed by atoms with E-state index in [0.717, 1.165) is 14.9 Å². The monoisotopic (exact) mass is 324 g/mol. The topological polar surface area (TPSA) is 55.1 Å². The van der Waals surface area contributed by atoms with Crippen molar-refractivity contribution in [2.24, 2.45) is 0 Å². The molecule has 0 saturated heterocycles. The van der Waals surface area contributed by atoms with Crippen LogP contribution < -0.4 is 11.1 Å². The van der Waals surface area contributed by atoms with Gasteiger partial charge < -0.3 is 11.1 Å². The summed E-state index contributed by atoms with van der Waals surface area (Å²) < 4.78 is 0.932. The van der Waals surface area contributed by atoms with E-state index in [1.54, 1.807) is 11.4 Å². The molecule has 0 unspecified atom stereocenters. The largest absolute Gasteiger partial charge is 0.397 e. The third-order valence-corrected chi connectivity index (χ3v) is 4.34. The maximum absolute atomic E-state index is 12.1. The molecule has 94 valence electrons. The van der Waals surface area contributed by atoms with Crippen molar-refractivity contribution in [3.63, 3.8) is 0 Å². The van der Waals surface area contributed by atoms with Gasteiger partial charge in [-0.05, 0) is 53.0 Å². The van der Waals surface area contributed by atoms with Gasteiger partial charge in [-0.1, -0.05) is 6.07 Å². The third kappa shape index (κ3) is 2.57. The van der Waals surface area contributed by atoms with Crippen LogP contribution in [0.3, 0.4) is 0 Å². The second-order valence-electron chi connectivity index (χ2n) is 4.07. The SMILES string of the molecule is Cc1ccc(N)c(NC(=O)c2csc(Br)c2)c1C. The van der Waals surface area contributed by atoms with Crippen LogP contribution in [0.25, 0.3) is 0 Å². The molecular weight excluding hydrogens is 312 g/mol. The molecule has 3 nitrogen and oxygen atoms in total. The maximum atomic E-state index is 12.1. The molecule has 3 N–H and O–H groups in total. The Labute approximate surface area is 118 Å². The van der Waals surface area contributed by atoms with E-state index < -0.39 is 0 Å². The van der Waals surface area contributed by atoms with Crippen molar-refractivity contribution < 1.29 is 4.79 Å². The second kappa shape index (κ2) is 5.12. The second-order valence-corrected chi connectivity index (χ2v) is 6.36. The highest BCUT2D eigenvalue weighted by molar-refractivity contribution is 9.11.